The van der Waals surface area contributed by atoms with E-state index in [1.807, 2.05) is 0 Å². The van der Waals surface area contributed by atoms with E-state index in [-0.39, 0.29) is 22.2 Å². The summed E-state index contributed by atoms with van der Waals surface area (Å²) in [6, 6.07) is 2.58. The van der Waals surface area contributed by atoms with Gasteiger partial charge in [0, 0.05) is 0 Å². The molecular formula is C9H8BrFN2O2. The maximum atomic E-state index is 12.8. The molecule has 1 N–H and O–H groups in total. The Hall–Kier alpha value is -1.01. The molecule has 1 fully saturated rings. The van der Waals surface area contributed by atoms with E-state index in [4.69, 9.17) is 4.74 Å². The number of pyridine rings is 1. The van der Waals surface area contributed by atoms with Crippen LogP contribution in [0.15, 0.2) is 16.7 Å². The second kappa shape index (κ2) is 4.24. The van der Waals surface area contributed by atoms with E-state index in [1.165, 1.54) is 12.1 Å². The average Bonchev–Trinajstić information content (AvgIpc) is 2.15. The van der Waals surface area contributed by atoms with Crippen molar-refractivity contribution in [3.8, 4) is 0 Å². The zero-order valence-electron chi connectivity index (χ0n) is 7.67. The molecule has 2 heterocycles. The van der Waals surface area contributed by atoms with Crippen molar-refractivity contribution in [1.82, 2.24) is 10.3 Å². The molecule has 0 aromatic carbocycles. The third-order valence-corrected chi connectivity index (χ3v) is 2.57. The fraction of sp³-hybridized carbons (Fsp3) is 0.333. The quantitative estimate of drug-likeness (QED) is 0.823. The summed E-state index contributed by atoms with van der Waals surface area (Å²) in [4.78, 5) is 15.3. The zero-order chi connectivity index (χ0) is 10.8. The largest absolute Gasteiger partial charge is 0.377 e. The van der Waals surface area contributed by atoms with Gasteiger partial charge < -0.3 is 10.1 Å². The Morgan fingerprint density at radius 2 is 2.33 bits per heavy atom. The minimum absolute atomic E-state index is 0.0417. The smallest absolute Gasteiger partial charge is 0.270 e. The molecule has 6 heteroatoms. The minimum Gasteiger partial charge on any atom is -0.377 e. The van der Waals surface area contributed by atoms with E-state index in [0.717, 1.165) is 0 Å². The number of hydrogen-bond acceptors (Lipinski definition) is 3. The highest BCUT2D eigenvalue weighted by Gasteiger charge is 2.21. The predicted molar refractivity (Wildman–Crippen MR) is 54.0 cm³/mol. The first kappa shape index (κ1) is 10.5. The molecule has 15 heavy (non-hydrogen) atoms. The second-order valence-electron chi connectivity index (χ2n) is 3.18. The summed E-state index contributed by atoms with van der Waals surface area (Å²) in [6.07, 6.45) is 0. The molecule has 80 valence electrons. The first-order chi connectivity index (χ1) is 7.16. The molecule has 1 saturated heterocycles. The molecular weight excluding hydrogens is 267 g/mol. The van der Waals surface area contributed by atoms with Crippen molar-refractivity contribution in [2.45, 2.75) is 6.04 Å². The lowest BCUT2D eigenvalue weighted by atomic mass is 10.2. The van der Waals surface area contributed by atoms with Crippen LogP contribution in [-0.2, 0) is 4.74 Å². The molecule has 0 aliphatic carbocycles. The molecule has 0 spiro atoms. The van der Waals surface area contributed by atoms with Crippen molar-refractivity contribution in [3.05, 3.63) is 28.2 Å². The lowest BCUT2D eigenvalue weighted by molar-refractivity contribution is -0.00355. The van der Waals surface area contributed by atoms with Crippen LogP contribution < -0.4 is 5.32 Å². The van der Waals surface area contributed by atoms with Gasteiger partial charge in [-0.25, -0.2) is 9.37 Å². The topological polar surface area (TPSA) is 51.2 Å². The summed E-state index contributed by atoms with van der Waals surface area (Å²) in [5.74, 6) is -0.803. The Morgan fingerprint density at radius 3 is 2.87 bits per heavy atom. The molecule has 0 saturated carbocycles. The Balaban J connectivity index is 2.07. The Bertz CT molecular complexity index is 396. The van der Waals surface area contributed by atoms with Gasteiger partial charge in [-0.3, -0.25) is 4.79 Å². The first-order valence-corrected chi connectivity index (χ1v) is 5.17. The summed E-state index contributed by atoms with van der Waals surface area (Å²) in [7, 11) is 0. The van der Waals surface area contributed by atoms with E-state index < -0.39 is 5.82 Å². The van der Waals surface area contributed by atoms with Crippen molar-refractivity contribution < 1.29 is 13.9 Å². The summed E-state index contributed by atoms with van der Waals surface area (Å²) < 4.78 is 17.8. The number of rotatable bonds is 2. The fourth-order valence-corrected chi connectivity index (χ4v) is 1.45. The van der Waals surface area contributed by atoms with Gasteiger partial charge in [0.25, 0.3) is 5.91 Å². The molecule has 4 nitrogen and oxygen atoms in total. The van der Waals surface area contributed by atoms with Crippen LogP contribution in [0.1, 0.15) is 10.5 Å². The Kier molecular flexibility index (Phi) is 2.97. The molecule has 1 aromatic rings. The van der Waals surface area contributed by atoms with Gasteiger partial charge in [-0.05, 0) is 28.1 Å². The lowest BCUT2D eigenvalue weighted by Gasteiger charge is -2.26. The van der Waals surface area contributed by atoms with Gasteiger partial charge in [0.2, 0.25) is 0 Å². The van der Waals surface area contributed by atoms with Crippen LogP contribution in [0.3, 0.4) is 0 Å². The number of halogens is 2. The number of nitrogens with zero attached hydrogens (tertiary/aromatic N) is 1. The zero-order valence-corrected chi connectivity index (χ0v) is 9.25. The van der Waals surface area contributed by atoms with Crippen molar-refractivity contribution in [3.63, 3.8) is 0 Å². The number of carbonyl (C=O) groups is 1. The number of carbonyl (C=O) groups excluding carboxylic acids is 1. The minimum atomic E-state index is -0.487. The van der Waals surface area contributed by atoms with Gasteiger partial charge in [0.05, 0.1) is 19.3 Å². The van der Waals surface area contributed by atoms with Crippen molar-refractivity contribution in [2.75, 3.05) is 13.2 Å². The second-order valence-corrected chi connectivity index (χ2v) is 3.93. The van der Waals surface area contributed by atoms with Gasteiger partial charge in [0.1, 0.15) is 10.3 Å². The van der Waals surface area contributed by atoms with Crippen LogP contribution in [0.2, 0.25) is 0 Å². The number of nitrogens with one attached hydrogen (secondary N) is 1. The molecule has 1 aliphatic heterocycles. The Morgan fingerprint density at radius 1 is 1.60 bits per heavy atom. The van der Waals surface area contributed by atoms with Crippen LogP contribution in [0.4, 0.5) is 4.39 Å². The molecule has 1 aromatic heterocycles. The Labute approximate surface area is 94.0 Å². The van der Waals surface area contributed by atoms with E-state index in [0.29, 0.717) is 13.2 Å². The van der Waals surface area contributed by atoms with Crippen LogP contribution in [0, 0.1) is 5.82 Å². The molecule has 2 rings (SSSR count). The fourth-order valence-electron chi connectivity index (χ4n) is 1.12. The first-order valence-electron chi connectivity index (χ1n) is 4.37. The highest BCUT2D eigenvalue weighted by Crippen LogP contribution is 2.12. The maximum Gasteiger partial charge on any atom is 0.270 e. The van der Waals surface area contributed by atoms with Crippen LogP contribution in [0.25, 0.3) is 0 Å². The molecule has 0 atom stereocenters. The van der Waals surface area contributed by atoms with Gasteiger partial charge in [-0.15, -0.1) is 0 Å². The summed E-state index contributed by atoms with van der Waals surface area (Å²) in [5, 5.41) is 2.71. The molecule has 0 radical (unpaired) electrons. The summed E-state index contributed by atoms with van der Waals surface area (Å²) >= 11 is 2.92. The SMILES string of the molecule is O=C(NC1COC1)c1ccc(F)c(Br)n1. The lowest BCUT2D eigenvalue weighted by Crippen LogP contribution is -2.48. The van der Waals surface area contributed by atoms with Crippen molar-refractivity contribution >= 4 is 21.8 Å². The van der Waals surface area contributed by atoms with E-state index in [9.17, 15) is 9.18 Å². The van der Waals surface area contributed by atoms with Gasteiger partial charge >= 0.3 is 0 Å². The number of ether oxygens (including phenoxy) is 1. The maximum absolute atomic E-state index is 12.8. The molecule has 0 unspecified atom stereocenters. The predicted octanol–water partition coefficient (Wildman–Crippen LogP) is 1.11. The summed E-state index contributed by atoms with van der Waals surface area (Å²) in [6.45, 7) is 1.04. The van der Waals surface area contributed by atoms with E-state index in [1.54, 1.807) is 0 Å². The van der Waals surface area contributed by atoms with Crippen molar-refractivity contribution in [2.24, 2.45) is 0 Å². The highest BCUT2D eigenvalue weighted by atomic mass is 79.9. The van der Waals surface area contributed by atoms with E-state index in [2.05, 4.69) is 26.2 Å². The number of hydrogen-bond donors (Lipinski definition) is 1. The highest BCUT2D eigenvalue weighted by molar-refractivity contribution is 9.10. The number of amides is 1. The summed E-state index contributed by atoms with van der Waals surface area (Å²) in [5.41, 5.74) is 0.190. The monoisotopic (exact) mass is 274 g/mol. The van der Waals surface area contributed by atoms with Crippen LogP contribution >= 0.6 is 15.9 Å². The van der Waals surface area contributed by atoms with Crippen molar-refractivity contribution in [1.29, 1.82) is 0 Å². The third-order valence-electron chi connectivity index (χ3n) is 2.01. The van der Waals surface area contributed by atoms with Crippen LogP contribution in [-0.4, -0.2) is 30.1 Å². The van der Waals surface area contributed by atoms with Crippen LogP contribution in [0.5, 0.6) is 0 Å². The van der Waals surface area contributed by atoms with Gasteiger partial charge in [0.15, 0.2) is 5.82 Å². The molecule has 1 aliphatic rings. The third kappa shape index (κ3) is 2.32. The average molecular weight is 275 g/mol. The number of aromatic nitrogens is 1. The van der Waals surface area contributed by atoms with Gasteiger partial charge in [-0.2, -0.15) is 0 Å². The molecule has 0 bridgehead atoms. The van der Waals surface area contributed by atoms with E-state index >= 15 is 0 Å². The standard InChI is InChI=1S/C9H8BrFN2O2/c10-8-6(11)1-2-7(13-8)9(14)12-5-3-15-4-5/h1-2,5H,3-4H2,(H,12,14). The normalized spacial score (nSPS) is 15.9. The molecule has 1 amide bonds. The van der Waals surface area contributed by atoms with Gasteiger partial charge in [-0.1, -0.05) is 0 Å².